The minimum Gasteiger partial charge on any atom is -0.404 e. The van der Waals surface area contributed by atoms with E-state index >= 15 is 0 Å². The normalized spacial score (nSPS) is 19.8. The van der Waals surface area contributed by atoms with Gasteiger partial charge in [0.15, 0.2) is 0 Å². The Labute approximate surface area is 206 Å². The maximum atomic E-state index is 7.37. The zero-order chi connectivity index (χ0) is 24.6. The zero-order valence-corrected chi connectivity index (χ0v) is 22.7. The molecule has 0 radical (unpaired) electrons. The summed E-state index contributed by atoms with van der Waals surface area (Å²) in [6.07, 6.45) is 4.53. The molecule has 1 aliphatic rings. The first kappa shape index (κ1) is 24.7. The second-order valence-electron chi connectivity index (χ2n) is 11.8. The number of aromatic nitrogens is 2. The van der Waals surface area contributed by atoms with Gasteiger partial charge in [-0.25, -0.2) is 4.68 Å². The molecule has 3 aromatic rings. The van der Waals surface area contributed by atoms with E-state index in [0.29, 0.717) is 5.92 Å². The average molecular weight is 476 g/mol. The molecule has 2 N–H and O–H groups in total. The first-order valence-electron chi connectivity index (χ1n) is 12.7. The highest BCUT2D eigenvalue weighted by Crippen LogP contribution is 2.41. The number of rotatable bonds is 5. The van der Waals surface area contributed by atoms with E-state index in [1.54, 1.807) is 0 Å². The highest BCUT2D eigenvalue weighted by molar-refractivity contribution is 6.99. The van der Waals surface area contributed by atoms with Crippen LogP contribution in [-0.2, 0) is 9.96 Å². The van der Waals surface area contributed by atoms with Crippen LogP contribution >= 0.6 is 0 Å². The summed E-state index contributed by atoms with van der Waals surface area (Å²) >= 11 is 0. The molecule has 0 spiro atoms. The third-order valence-electron chi connectivity index (χ3n) is 7.24. The van der Waals surface area contributed by atoms with Crippen molar-refractivity contribution < 1.29 is 4.43 Å². The van der Waals surface area contributed by atoms with Gasteiger partial charge in [0.05, 0.1) is 11.2 Å². The fourth-order valence-electron chi connectivity index (χ4n) is 5.57. The molecule has 182 valence electrons. The molecule has 1 aliphatic carbocycles. The molecule has 0 bridgehead atoms. The molecule has 0 amide bonds. The number of hydrogen-bond acceptors (Lipinski definition) is 3. The SMILES string of the molecule is CC(C)(C)n1nc(C2CCC(O[Si](c3ccccc3)(c3ccccc3)C(C)(C)C)CC2)cc1N. The summed E-state index contributed by atoms with van der Waals surface area (Å²) in [5.74, 6) is 1.21. The molecule has 34 heavy (non-hydrogen) atoms. The van der Waals surface area contributed by atoms with Gasteiger partial charge in [-0.1, -0.05) is 81.4 Å². The zero-order valence-electron chi connectivity index (χ0n) is 21.7. The van der Waals surface area contributed by atoms with Gasteiger partial charge in [0.25, 0.3) is 8.32 Å². The Kier molecular flexibility index (Phi) is 6.80. The predicted octanol–water partition coefficient (Wildman–Crippen LogP) is 5.82. The molecule has 2 aromatic carbocycles. The molecule has 0 unspecified atom stereocenters. The molecule has 0 saturated heterocycles. The molecule has 0 atom stereocenters. The first-order chi connectivity index (χ1) is 16.0. The van der Waals surface area contributed by atoms with Crippen LogP contribution in [0.5, 0.6) is 0 Å². The Morgan fingerprint density at radius 3 is 1.74 bits per heavy atom. The topological polar surface area (TPSA) is 53.1 Å². The third kappa shape index (κ3) is 4.73. The van der Waals surface area contributed by atoms with Gasteiger partial charge in [0, 0.05) is 18.1 Å². The smallest absolute Gasteiger partial charge is 0.261 e. The van der Waals surface area contributed by atoms with E-state index in [1.165, 1.54) is 10.4 Å². The van der Waals surface area contributed by atoms with Crippen LogP contribution in [0.1, 0.15) is 78.8 Å². The summed E-state index contributed by atoms with van der Waals surface area (Å²) in [5.41, 5.74) is 7.33. The Hall–Kier alpha value is -2.37. The van der Waals surface area contributed by atoms with E-state index in [0.717, 1.165) is 37.2 Å². The summed E-state index contributed by atoms with van der Waals surface area (Å²) < 4.78 is 9.34. The molecule has 1 aromatic heterocycles. The van der Waals surface area contributed by atoms with Crippen LogP contribution in [0, 0.1) is 0 Å². The maximum absolute atomic E-state index is 7.37. The first-order valence-corrected chi connectivity index (χ1v) is 14.6. The van der Waals surface area contributed by atoms with Crippen LogP contribution in [0.2, 0.25) is 5.04 Å². The van der Waals surface area contributed by atoms with Crippen molar-refractivity contribution in [2.24, 2.45) is 0 Å². The summed E-state index contributed by atoms with van der Waals surface area (Å²) in [6.45, 7) is 13.5. The average Bonchev–Trinajstić information content (AvgIpc) is 3.20. The minimum atomic E-state index is -2.51. The Morgan fingerprint density at radius 1 is 0.824 bits per heavy atom. The highest BCUT2D eigenvalue weighted by Gasteiger charge is 2.51. The van der Waals surface area contributed by atoms with Gasteiger partial charge in [-0.05, 0) is 61.9 Å². The van der Waals surface area contributed by atoms with Crippen LogP contribution < -0.4 is 16.1 Å². The number of hydrogen-bond donors (Lipinski definition) is 1. The minimum absolute atomic E-state index is 0.00644. The lowest BCUT2D eigenvalue weighted by Crippen LogP contribution is -2.67. The van der Waals surface area contributed by atoms with Crippen LogP contribution in [0.15, 0.2) is 66.7 Å². The summed E-state index contributed by atoms with van der Waals surface area (Å²) in [6, 6.07) is 24.0. The van der Waals surface area contributed by atoms with Crippen LogP contribution in [0.4, 0.5) is 5.82 Å². The second kappa shape index (κ2) is 9.35. The second-order valence-corrected chi connectivity index (χ2v) is 16.1. The standard InChI is InChI=1S/C29H41N3OSi/c1-28(2,3)32-27(30)21-26(31-32)22-17-19-23(20-18-22)33-34(29(4,5)6,24-13-9-7-10-14-24)25-15-11-8-12-16-25/h7-16,21-23H,17-20,30H2,1-6H3. The summed E-state index contributed by atoms with van der Waals surface area (Å²) in [7, 11) is -2.51. The van der Waals surface area contributed by atoms with Crippen molar-refractivity contribution in [1.82, 2.24) is 9.78 Å². The van der Waals surface area contributed by atoms with Crippen molar-refractivity contribution in [3.63, 3.8) is 0 Å². The maximum Gasteiger partial charge on any atom is 0.261 e. The van der Waals surface area contributed by atoms with E-state index in [1.807, 2.05) is 4.68 Å². The van der Waals surface area contributed by atoms with Crippen molar-refractivity contribution in [3.05, 3.63) is 72.4 Å². The molecular weight excluding hydrogens is 434 g/mol. The van der Waals surface area contributed by atoms with Crippen molar-refractivity contribution >= 4 is 24.5 Å². The van der Waals surface area contributed by atoms with Gasteiger partial charge < -0.3 is 10.2 Å². The van der Waals surface area contributed by atoms with E-state index in [2.05, 4.69) is 108 Å². The Balaban J connectivity index is 1.60. The third-order valence-corrected chi connectivity index (χ3v) is 12.3. The largest absolute Gasteiger partial charge is 0.404 e. The van der Waals surface area contributed by atoms with Crippen molar-refractivity contribution in [1.29, 1.82) is 0 Å². The molecule has 4 rings (SSSR count). The van der Waals surface area contributed by atoms with E-state index < -0.39 is 8.32 Å². The van der Waals surface area contributed by atoms with E-state index in [-0.39, 0.29) is 16.7 Å². The fourth-order valence-corrected chi connectivity index (χ4v) is 10.3. The number of nitrogen functional groups attached to an aromatic ring is 1. The predicted molar refractivity (Wildman–Crippen MR) is 145 cm³/mol. The lowest BCUT2D eigenvalue weighted by Gasteiger charge is -2.46. The molecule has 4 nitrogen and oxygen atoms in total. The van der Waals surface area contributed by atoms with E-state index in [4.69, 9.17) is 15.3 Å². The molecular formula is C29H41N3OSi. The van der Waals surface area contributed by atoms with E-state index in [9.17, 15) is 0 Å². The van der Waals surface area contributed by atoms with Crippen molar-refractivity contribution in [3.8, 4) is 0 Å². The van der Waals surface area contributed by atoms with Crippen LogP contribution in [0.3, 0.4) is 0 Å². The number of nitrogens with two attached hydrogens (primary N) is 1. The number of anilines is 1. The lowest BCUT2D eigenvalue weighted by atomic mass is 9.85. The quantitative estimate of drug-likeness (QED) is 0.473. The van der Waals surface area contributed by atoms with Gasteiger partial charge >= 0.3 is 0 Å². The van der Waals surface area contributed by atoms with Gasteiger partial charge in [0.1, 0.15) is 5.82 Å². The molecule has 1 saturated carbocycles. The molecule has 1 fully saturated rings. The van der Waals surface area contributed by atoms with Gasteiger partial charge in [0.2, 0.25) is 0 Å². The molecule has 5 heteroatoms. The number of nitrogens with zero attached hydrogens (tertiary/aromatic N) is 2. The molecule has 1 heterocycles. The van der Waals surface area contributed by atoms with Crippen molar-refractivity contribution in [2.75, 3.05) is 5.73 Å². The fraction of sp³-hybridized carbons (Fsp3) is 0.483. The summed E-state index contributed by atoms with van der Waals surface area (Å²) in [5, 5.41) is 7.61. The van der Waals surface area contributed by atoms with Gasteiger partial charge in [-0.2, -0.15) is 5.10 Å². The van der Waals surface area contributed by atoms with Crippen LogP contribution in [-0.4, -0.2) is 24.2 Å². The Morgan fingerprint density at radius 2 is 1.32 bits per heavy atom. The van der Waals surface area contributed by atoms with Crippen LogP contribution in [0.25, 0.3) is 0 Å². The lowest BCUT2D eigenvalue weighted by molar-refractivity contribution is 0.134. The monoisotopic (exact) mass is 475 g/mol. The van der Waals surface area contributed by atoms with Gasteiger partial charge in [-0.15, -0.1) is 0 Å². The van der Waals surface area contributed by atoms with Crippen molar-refractivity contribution in [2.45, 2.75) is 89.8 Å². The van der Waals surface area contributed by atoms with Gasteiger partial charge in [-0.3, -0.25) is 0 Å². The highest BCUT2D eigenvalue weighted by atomic mass is 28.4. The Bertz CT molecular complexity index is 1030. The summed E-state index contributed by atoms with van der Waals surface area (Å²) in [4.78, 5) is 0. The number of benzene rings is 2. The molecule has 0 aliphatic heterocycles.